The van der Waals surface area contributed by atoms with Crippen molar-refractivity contribution in [3.63, 3.8) is 0 Å². The van der Waals surface area contributed by atoms with Crippen molar-refractivity contribution in [1.82, 2.24) is 20.4 Å². The molecule has 2 amide bonds. The highest BCUT2D eigenvalue weighted by molar-refractivity contribution is 5.99. The first-order valence-electron chi connectivity index (χ1n) is 10.0. The number of rotatable bonds is 5. The van der Waals surface area contributed by atoms with Crippen LogP contribution in [-0.2, 0) is 11.3 Å². The number of nitrogens with one attached hydrogen (secondary N) is 1. The molecule has 1 fully saturated rings. The summed E-state index contributed by atoms with van der Waals surface area (Å²) in [5.41, 5.74) is 1.31. The van der Waals surface area contributed by atoms with Gasteiger partial charge in [0.05, 0.1) is 6.04 Å². The van der Waals surface area contributed by atoms with Crippen LogP contribution < -0.4 is 5.32 Å². The molecule has 0 spiro atoms. The average molecular weight is 458 g/mol. The Morgan fingerprint density at radius 3 is 2.66 bits per heavy atom. The highest BCUT2D eigenvalue weighted by atomic mass is 19.4. The van der Waals surface area contributed by atoms with Crippen molar-refractivity contribution in [3.8, 4) is 11.5 Å². The highest BCUT2D eigenvalue weighted by Gasteiger charge is 2.40. The van der Waals surface area contributed by atoms with E-state index in [1.807, 2.05) is 0 Å². The molecule has 0 bridgehead atoms. The Balaban J connectivity index is 1.52. The van der Waals surface area contributed by atoms with Gasteiger partial charge in [-0.05, 0) is 30.5 Å². The summed E-state index contributed by atoms with van der Waals surface area (Å²) < 4.78 is 68.0. The van der Waals surface area contributed by atoms with Gasteiger partial charge in [0.15, 0.2) is 0 Å². The van der Waals surface area contributed by atoms with Gasteiger partial charge < -0.3 is 14.6 Å². The maximum atomic E-state index is 13.1. The van der Waals surface area contributed by atoms with Crippen molar-refractivity contribution >= 4 is 11.8 Å². The number of fused-ring (bicyclic) bond motifs is 1. The number of carbonyl (C=O) groups is 2. The highest BCUT2D eigenvalue weighted by Crippen LogP contribution is 2.34. The van der Waals surface area contributed by atoms with Gasteiger partial charge in [0.25, 0.3) is 11.8 Å². The summed E-state index contributed by atoms with van der Waals surface area (Å²) in [6.45, 7) is 0.233. The lowest BCUT2D eigenvalue weighted by Gasteiger charge is -2.38. The lowest BCUT2D eigenvalue weighted by atomic mass is 9.89. The molecule has 0 saturated heterocycles. The third-order valence-electron chi connectivity index (χ3n) is 5.65. The van der Waals surface area contributed by atoms with Crippen molar-refractivity contribution in [2.24, 2.45) is 0 Å². The largest absolute Gasteiger partial charge is 0.415 e. The number of benzene rings is 1. The molecule has 2 aromatic rings. The topological polar surface area (TPSA) is 88.3 Å². The van der Waals surface area contributed by atoms with Gasteiger partial charge in [-0.15, -0.1) is 10.2 Å². The van der Waals surface area contributed by atoms with Crippen LogP contribution >= 0.6 is 0 Å². The maximum Gasteiger partial charge on any atom is 0.397 e. The van der Waals surface area contributed by atoms with Gasteiger partial charge in [0, 0.05) is 23.7 Å². The lowest BCUT2D eigenvalue weighted by Crippen LogP contribution is -2.53. The molecule has 2 heterocycles. The van der Waals surface area contributed by atoms with Crippen molar-refractivity contribution < 1.29 is 36.0 Å². The van der Waals surface area contributed by atoms with Gasteiger partial charge >= 0.3 is 12.6 Å². The summed E-state index contributed by atoms with van der Waals surface area (Å²) in [6.07, 6.45) is -6.57. The number of aromatic nitrogens is 2. The zero-order valence-corrected chi connectivity index (χ0v) is 16.7. The monoisotopic (exact) mass is 458 g/mol. The summed E-state index contributed by atoms with van der Waals surface area (Å²) in [7, 11) is 0. The minimum Gasteiger partial charge on any atom is -0.415 e. The fraction of sp³-hybridized carbons (Fsp3) is 0.500. The van der Waals surface area contributed by atoms with Crippen LogP contribution in [-0.4, -0.2) is 45.2 Å². The normalized spacial score (nSPS) is 21.2. The third-order valence-corrected chi connectivity index (χ3v) is 5.65. The Morgan fingerprint density at radius 2 is 1.97 bits per heavy atom. The van der Waals surface area contributed by atoms with E-state index in [0.717, 1.165) is 12.8 Å². The number of carbonyl (C=O) groups excluding carboxylic acids is 2. The fourth-order valence-corrected chi connectivity index (χ4v) is 4.26. The molecule has 1 N–H and O–H groups in total. The van der Waals surface area contributed by atoms with Gasteiger partial charge in [-0.25, -0.2) is 0 Å². The van der Waals surface area contributed by atoms with Crippen molar-refractivity contribution in [2.45, 2.75) is 63.3 Å². The predicted molar refractivity (Wildman–Crippen MR) is 99.4 cm³/mol. The zero-order chi connectivity index (χ0) is 23.0. The Bertz CT molecular complexity index is 1020. The lowest BCUT2D eigenvalue weighted by molar-refractivity contribution is -0.154. The fourth-order valence-electron chi connectivity index (χ4n) is 4.26. The quantitative estimate of drug-likeness (QED) is 0.684. The first kappa shape index (κ1) is 22.2. The summed E-state index contributed by atoms with van der Waals surface area (Å²) >= 11 is 0. The van der Waals surface area contributed by atoms with Crippen LogP contribution in [0.4, 0.5) is 22.0 Å². The van der Waals surface area contributed by atoms with Gasteiger partial charge in [-0.2, -0.15) is 22.0 Å². The van der Waals surface area contributed by atoms with Gasteiger partial charge in [0.2, 0.25) is 11.8 Å². The molecule has 1 aliphatic carbocycles. The standard InChI is InChI=1S/C20H19F5N4O3/c21-16(22)18-28-27-17(32-18)10-5-6-11-9-29(19(31)12(11)7-10)14-4-2-1-3-13(14)26-15(30)8-20(23,24)25/h5-7,13-14,16H,1-4,8-9H2,(H,26,30)/t13-,14-/m1/s1. The van der Waals surface area contributed by atoms with Gasteiger partial charge in [-0.3, -0.25) is 9.59 Å². The Morgan fingerprint density at radius 1 is 1.22 bits per heavy atom. The van der Waals surface area contributed by atoms with E-state index in [1.165, 1.54) is 6.07 Å². The van der Waals surface area contributed by atoms with Crippen molar-refractivity contribution in [3.05, 3.63) is 35.2 Å². The van der Waals surface area contributed by atoms with E-state index in [-0.39, 0.29) is 18.3 Å². The van der Waals surface area contributed by atoms with Crippen LogP contribution in [0.5, 0.6) is 0 Å². The van der Waals surface area contributed by atoms with Crippen LogP contribution in [0, 0.1) is 0 Å². The average Bonchev–Trinajstić information content (AvgIpc) is 3.32. The Kier molecular flexibility index (Phi) is 5.87. The molecular weight excluding hydrogens is 439 g/mol. The second-order valence-corrected chi connectivity index (χ2v) is 7.87. The van der Waals surface area contributed by atoms with Crippen molar-refractivity contribution in [1.29, 1.82) is 0 Å². The molecule has 172 valence electrons. The number of nitrogens with zero attached hydrogens (tertiary/aromatic N) is 3. The van der Waals surface area contributed by atoms with E-state index in [4.69, 9.17) is 4.42 Å². The summed E-state index contributed by atoms with van der Waals surface area (Å²) in [5, 5.41) is 9.30. The summed E-state index contributed by atoms with van der Waals surface area (Å²) in [6, 6.07) is 3.66. The first-order chi connectivity index (χ1) is 15.1. The molecule has 2 aliphatic rings. The summed E-state index contributed by atoms with van der Waals surface area (Å²) in [5.74, 6) is -2.44. The van der Waals surface area contributed by atoms with Crippen LogP contribution in [0.3, 0.4) is 0 Å². The number of amides is 2. The molecule has 4 rings (SSSR count). The molecule has 1 aromatic carbocycles. The Hall–Kier alpha value is -3.05. The van der Waals surface area contributed by atoms with Crippen LogP contribution in [0.1, 0.15) is 60.3 Å². The minimum absolute atomic E-state index is 0.149. The number of hydrogen-bond donors (Lipinski definition) is 1. The van der Waals surface area contributed by atoms with Gasteiger partial charge in [-0.1, -0.05) is 18.9 Å². The molecule has 1 aromatic heterocycles. The number of alkyl halides is 5. The Labute approximate surface area is 179 Å². The number of halogens is 5. The predicted octanol–water partition coefficient (Wildman–Crippen LogP) is 4.01. The maximum absolute atomic E-state index is 13.1. The van der Waals surface area contributed by atoms with Crippen LogP contribution in [0.2, 0.25) is 0 Å². The molecule has 12 heteroatoms. The molecule has 0 radical (unpaired) electrons. The number of hydrogen-bond acceptors (Lipinski definition) is 5. The van der Waals surface area contributed by atoms with Crippen molar-refractivity contribution in [2.75, 3.05) is 0 Å². The van der Waals surface area contributed by atoms with E-state index in [2.05, 4.69) is 15.5 Å². The molecule has 1 saturated carbocycles. The second-order valence-electron chi connectivity index (χ2n) is 7.87. The zero-order valence-electron chi connectivity index (χ0n) is 16.7. The van der Waals surface area contributed by atoms with E-state index in [9.17, 15) is 31.5 Å². The molecular formula is C20H19F5N4O3. The molecule has 0 unspecified atom stereocenters. The third kappa shape index (κ3) is 4.58. The van der Waals surface area contributed by atoms with Gasteiger partial charge in [0.1, 0.15) is 6.42 Å². The smallest absolute Gasteiger partial charge is 0.397 e. The van der Waals surface area contributed by atoms with Crippen LogP contribution in [0.15, 0.2) is 22.6 Å². The molecule has 1 aliphatic heterocycles. The van der Waals surface area contributed by atoms with E-state index >= 15 is 0 Å². The van der Waals surface area contributed by atoms with Crippen LogP contribution in [0.25, 0.3) is 11.5 Å². The summed E-state index contributed by atoms with van der Waals surface area (Å²) in [4.78, 5) is 26.5. The molecule has 7 nitrogen and oxygen atoms in total. The van der Waals surface area contributed by atoms with E-state index < -0.39 is 42.9 Å². The SMILES string of the molecule is O=C(CC(F)(F)F)N[C@@H]1CCCC[C@H]1N1Cc2ccc(-c3nnc(C(F)F)o3)cc2C1=O. The van der Waals surface area contributed by atoms with E-state index in [1.54, 1.807) is 17.0 Å². The molecule has 32 heavy (non-hydrogen) atoms. The van der Waals surface area contributed by atoms with E-state index in [0.29, 0.717) is 29.5 Å². The first-order valence-corrected chi connectivity index (χ1v) is 10.0. The minimum atomic E-state index is -4.61. The molecule has 2 atom stereocenters. The second kappa shape index (κ2) is 8.47.